The van der Waals surface area contributed by atoms with Gasteiger partial charge in [0.25, 0.3) is 0 Å². The van der Waals surface area contributed by atoms with Crippen LogP contribution < -0.4 is 15.2 Å². The summed E-state index contributed by atoms with van der Waals surface area (Å²) in [5.74, 6) is 1.71. The number of aryl methyl sites for hydroxylation is 1. The van der Waals surface area contributed by atoms with Gasteiger partial charge in [0, 0.05) is 0 Å². The van der Waals surface area contributed by atoms with Crippen molar-refractivity contribution in [2.45, 2.75) is 38.2 Å². The number of hydrogen-bond donors (Lipinski definition) is 1. The lowest BCUT2D eigenvalue weighted by Gasteiger charge is -2.27. The Balaban J connectivity index is 2.04. The summed E-state index contributed by atoms with van der Waals surface area (Å²) in [5, 5.41) is 0. The highest BCUT2D eigenvalue weighted by molar-refractivity contribution is 5.43. The largest absolute Gasteiger partial charge is 0.493 e. The fourth-order valence-corrected chi connectivity index (χ4v) is 1.94. The van der Waals surface area contributed by atoms with Crippen molar-refractivity contribution in [2.75, 3.05) is 13.7 Å². The molecule has 1 saturated carbocycles. The van der Waals surface area contributed by atoms with E-state index in [0.717, 1.165) is 43.7 Å². The van der Waals surface area contributed by atoms with E-state index in [4.69, 9.17) is 15.2 Å². The van der Waals surface area contributed by atoms with Crippen LogP contribution >= 0.6 is 0 Å². The number of methoxy groups -OCH3 is 1. The second-order valence-corrected chi connectivity index (χ2v) is 4.55. The molecule has 3 nitrogen and oxygen atoms in total. The van der Waals surface area contributed by atoms with Crippen molar-refractivity contribution in [1.29, 1.82) is 0 Å². The normalized spacial score (nSPS) is 15.4. The number of hydrogen-bond acceptors (Lipinski definition) is 3. The number of benzene rings is 1. The summed E-state index contributed by atoms with van der Waals surface area (Å²) in [6.07, 6.45) is 6.00. The molecule has 0 bridgehead atoms. The van der Waals surface area contributed by atoms with Gasteiger partial charge in [-0.2, -0.15) is 0 Å². The molecule has 0 unspecified atom stereocenters. The van der Waals surface area contributed by atoms with Gasteiger partial charge in [-0.05, 0) is 56.3 Å². The summed E-state index contributed by atoms with van der Waals surface area (Å²) < 4.78 is 11.3. The first kappa shape index (κ1) is 12.2. The fourth-order valence-electron chi connectivity index (χ4n) is 1.94. The van der Waals surface area contributed by atoms with Crippen LogP contribution in [-0.2, 0) is 6.42 Å². The van der Waals surface area contributed by atoms with Crippen molar-refractivity contribution in [3.63, 3.8) is 0 Å². The third-order valence-electron chi connectivity index (χ3n) is 3.24. The van der Waals surface area contributed by atoms with Gasteiger partial charge < -0.3 is 15.2 Å². The minimum atomic E-state index is 0.388. The van der Waals surface area contributed by atoms with E-state index >= 15 is 0 Å². The Hall–Kier alpha value is -1.22. The van der Waals surface area contributed by atoms with Gasteiger partial charge in [0.05, 0.1) is 13.2 Å². The molecule has 2 N–H and O–H groups in total. The topological polar surface area (TPSA) is 44.5 Å². The molecule has 1 fully saturated rings. The molecule has 1 aromatic carbocycles. The molecule has 0 amide bonds. The van der Waals surface area contributed by atoms with Crippen LogP contribution in [0.2, 0.25) is 0 Å². The quantitative estimate of drug-likeness (QED) is 0.824. The molecule has 3 heteroatoms. The maximum absolute atomic E-state index is 5.88. The second-order valence-electron chi connectivity index (χ2n) is 4.55. The van der Waals surface area contributed by atoms with Crippen LogP contribution in [0.3, 0.4) is 0 Å². The molecule has 0 heterocycles. The Morgan fingerprint density at radius 1 is 1.29 bits per heavy atom. The SMILES string of the molecule is COc1cc(CCCN)ccc1OC1CCC1. The fraction of sp³-hybridized carbons (Fsp3) is 0.571. The van der Waals surface area contributed by atoms with Gasteiger partial charge in [0.1, 0.15) is 0 Å². The van der Waals surface area contributed by atoms with E-state index in [1.54, 1.807) is 7.11 Å². The minimum absolute atomic E-state index is 0.388. The standard InChI is InChI=1S/C14H21NO2/c1-16-14-10-11(4-3-9-15)7-8-13(14)17-12-5-2-6-12/h7-8,10,12H,2-6,9,15H2,1H3. The summed E-state index contributed by atoms with van der Waals surface area (Å²) in [7, 11) is 1.69. The van der Waals surface area contributed by atoms with E-state index in [-0.39, 0.29) is 0 Å². The van der Waals surface area contributed by atoms with Crippen molar-refractivity contribution >= 4 is 0 Å². The third kappa shape index (κ3) is 3.13. The summed E-state index contributed by atoms with van der Waals surface area (Å²) in [6, 6.07) is 6.18. The smallest absolute Gasteiger partial charge is 0.161 e. The number of nitrogens with two attached hydrogens (primary N) is 1. The first-order valence-electron chi connectivity index (χ1n) is 6.37. The van der Waals surface area contributed by atoms with E-state index in [9.17, 15) is 0 Å². The molecule has 0 atom stereocenters. The van der Waals surface area contributed by atoms with Crippen LogP contribution in [0, 0.1) is 0 Å². The molecule has 1 aliphatic carbocycles. The Bertz CT molecular complexity index is 361. The zero-order valence-corrected chi connectivity index (χ0v) is 10.4. The van der Waals surface area contributed by atoms with E-state index in [0.29, 0.717) is 6.10 Å². The van der Waals surface area contributed by atoms with E-state index < -0.39 is 0 Å². The predicted octanol–water partition coefficient (Wildman–Crippen LogP) is 2.52. The molecule has 94 valence electrons. The average molecular weight is 235 g/mol. The average Bonchev–Trinajstić information content (AvgIpc) is 2.31. The van der Waals surface area contributed by atoms with Crippen molar-refractivity contribution in [3.05, 3.63) is 23.8 Å². The molecule has 0 spiro atoms. The number of rotatable bonds is 6. The van der Waals surface area contributed by atoms with Crippen LogP contribution in [-0.4, -0.2) is 19.8 Å². The van der Waals surface area contributed by atoms with E-state index in [2.05, 4.69) is 12.1 Å². The predicted molar refractivity (Wildman–Crippen MR) is 68.6 cm³/mol. The number of ether oxygens (including phenoxy) is 2. The van der Waals surface area contributed by atoms with Gasteiger partial charge in [-0.15, -0.1) is 0 Å². The lowest BCUT2D eigenvalue weighted by atomic mass is 9.96. The van der Waals surface area contributed by atoms with Crippen LogP contribution in [0.4, 0.5) is 0 Å². The second kappa shape index (κ2) is 5.92. The lowest BCUT2D eigenvalue weighted by molar-refractivity contribution is 0.116. The van der Waals surface area contributed by atoms with Gasteiger partial charge in [0.2, 0.25) is 0 Å². The van der Waals surface area contributed by atoms with Crippen molar-refractivity contribution in [2.24, 2.45) is 5.73 Å². The molecule has 2 rings (SSSR count). The van der Waals surface area contributed by atoms with Gasteiger partial charge in [0.15, 0.2) is 11.5 Å². The van der Waals surface area contributed by atoms with E-state index in [1.165, 1.54) is 12.0 Å². The molecule has 1 aliphatic rings. The maximum Gasteiger partial charge on any atom is 0.161 e. The Labute approximate surface area is 103 Å². The van der Waals surface area contributed by atoms with Gasteiger partial charge >= 0.3 is 0 Å². The first-order valence-corrected chi connectivity index (χ1v) is 6.37. The Morgan fingerprint density at radius 2 is 2.12 bits per heavy atom. The maximum atomic E-state index is 5.88. The summed E-state index contributed by atoms with van der Waals surface area (Å²) >= 11 is 0. The molecule has 0 aliphatic heterocycles. The monoisotopic (exact) mass is 235 g/mol. The minimum Gasteiger partial charge on any atom is -0.493 e. The molecule has 17 heavy (non-hydrogen) atoms. The summed E-state index contributed by atoms with van der Waals surface area (Å²) in [5.41, 5.74) is 6.77. The van der Waals surface area contributed by atoms with Crippen LogP contribution in [0.1, 0.15) is 31.2 Å². The van der Waals surface area contributed by atoms with Gasteiger partial charge in [-0.25, -0.2) is 0 Å². The third-order valence-corrected chi connectivity index (χ3v) is 3.24. The van der Waals surface area contributed by atoms with Crippen molar-refractivity contribution in [3.8, 4) is 11.5 Å². The first-order chi connectivity index (χ1) is 8.33. The van der Waals surface area contributed by atoms with Crippen LogP contribution in [0.5, 0.6) is 11.5 Å². The highest BCUT2D eigenvalue weighted by atomic mass is 16.5. The molecule has 0 saturated heterocycles. The van der Waals surface area contributed by atoms with Gasteiger partial charge in [-0.3, -0.25) is 0 Å². The Kier molecular flexibility index (Phi) is 4.26. The molecule has 0 aromatic heterocycles. The van der Waals surface area contributed by atoms with E-state index in [1.807, 2.05) is 6.07 Å². The van der Waals surface area contributed by atoms with Crippen molar-refractivity contribution < 1.29 is 9.47 Å². The molecule has 0 radical (unpaired) electrons. The van der Waals surface area contributed by atoms with Crippen molar-refractivity contribution in [1.82, 2.24) is 0 Å². The molecular weight excluding hydrogens is 214 g/mol. The Morgan fingerprint density at radius 3 is 2.71 bits per heavy atom. The zero-order chi connectivity index (χ0) is 12.1. The van der Waals surface area contributed by atoms with Crippen LogP contribution in [0.15, 0.2) is 18.2 Å². The molecular formula is C14H21NO2. The van der Waals surface area contributed by atoms with Crippen LogP contribution in [0.25, 0.3) is 0 Å². The zero-order valence-electron chi connectivity index (χ0n) is 10.4. The summed E-state index contributed by atoms with van der Waals surface area (Å²) in [4.78, 5) is 0. The highest BCUT2D eigenvalue weighted by Crippen LogP contribution is 2.33. The molecule has 1 aromatic rings. The highest BCUT2D eigenvalue weighted by Gasteiger charge is 2.20. The lowest BCUT2D eigenvalue weighted by Crippen LogP contribution is -2.24. The van der Waals surface area contributed by atoms with Gasteiger partial charge in [-0.1, -0.05) is 6.07 Å². The summed E-state index contributed by atoms with van der Waals surface area (Å²) in [6.45, 7) is 0.725.